The van der Waals surface area contributed by atoms with Crippen LogP contribution >= 0.6 is 0 Å². The van der Waals surface area contributed by atoms with Gasteiger partial charge in [-0.25, -0.2) is 8.42 Å². The molecule has 1 aliphatic carbocycles. The van der Waals surface area contributed by atoms with Crippen LogP contribution in [0.1, 0.15) is 44.7 Å². The van der Waals surface area contributed by atoms with E-state index >= 15 is 0 Å². The SMILES string of the molecule is CC(C)CCOC(C)C(=O)N1CCN(S(=O)(=O)c2ccc3c(c2)CCC3)CC1. The minimum absolute atomic E-state index is 0.0571. The van der Waals surface area contributed by atoms with Crippen molar-refractivity contribution < 1.29 is 17.9 Å². The van der Waals surface area contributed by atoms with E-state index in [-0.39, 0.29) is 5.91 Å². The largest absolute Gasteiger partial charge is 0.369 e. The molecule has 0 radical (unpaired) electrons. The molecule has 1 saturated heterocycles. The number of aryl methyl sites for hydroxylation is 2. The van der Waals surface area contributed by atoms with Gasteiger partial charge in [-0.15, -0.1) is 0 Å². The summed E-state index contributed by atoms with van der Waals surface area (Å²) < 4.78 is 33.1. The third-order valence-electron chi connectivity index (χ3n) is 5.67. The van der Waals surface area contributed by atoms with E-state index in [1.807, 2.05) is 12.1 Å². The summed E-state index contributed by atoms with van der Waals surface area (Å²) in [6.45, 7) is 8.04. The lowest BCUT2D eigenvalue weighted by Gasteiger charge is -2.35. The first kappa shape index (κ1) is 21.3. The predicted molar refractivity (Wildman–Crippen MR) is 109 cm³/mol. The molecule has 1 fully saturated rings. The Morgan fingerprint density at radius 3 is 2.43 bits per heavy atom. The second-order valence-corrected chi connectivity index (χ2v) is 10.1. The maximum Gasteiger partial charge on any atom is 0.251 e. The van der Waals surface area contributed by atoms with Crippen molar-refractivity contribution in [1.29, 1.82) is 0 Å². The van der Waals surface area contributed by atoms with Gasteiger partial charge in [-0.3, -0.25) is 4.79 Å². The smallest absolute Gasteiger partial charge is 0.251 e. The monoisotopic (exact) mass is 408 g/mol. The van der Waals surface area contributed by atoms with Crippen molar-refractivity contribution in [1.82, 2.24) is 9.21 Å². The Bertz CT molecular complexity index is 799. The van der Waals surface area contributed by atoms with E-state index in [9.17, 15) is 13.2 Å². The van der Waals surface area contributed by atoms with E-state index in [2.05, 4.69) is 13.8 Å². The van der Waals surface area contributed by atoms with Crippen molar-refractivity contribution >= 4 is 15.9 Å². The molecule has 1 aromatic rings. The zero-order valence-corrected chi connectivity index (χ0v) is 18.0. The molecule has 6 nitrogen and oxygen atoms in total. The number of hydrogen-bond acceptors (Lipinski definition) is 4. The topological polar surface area (TPSA) is 66.9 Å². The second kappa shape index (κ2) is 8.93. The molecule has 7 heteroatoms. The third-order valence-corrected chi connectivity index (χ3v) is 7.56. The summed E-state index contributed by atoms with van der Waals surface area (Å²) >= 11 is 0. The molecule has 2 aliphatic rings. The average molecular weight is 409 g/mol. The quantitative estimate of drug-likeness (QED) is 0.695. The number of sulfonamides is 1. The molecule has 1 heterocycles. The number of ether oxygens (including phenoxy) is 1. The molecule has 0 bridgehead atoms. The van der Waals surface area contributed by atoms with Crippen molar-refractivity contribution in [3.63, 3.8) is 0 Å². The predicted octanol–water partition coefficient (Wildman–Crippen LogP) is 2.46. The summed E-state index contributed by atoms with van der Waals surface area (Å²) in [6.07, 6.45) is 3.52. The first-order valence-corrected chi connectivity index (χ1v) is 11.8. The number of carbonyl (C=O) groups excluding carboxylic acids is 1. The van der Waals surface area contributed by atoms with Crippen molar-refractivity contribution in [2.45, 2.75) is 57.5 Å². The molecule has 28 heavy (non-hydrogen) atoms. The van der Waals surface area contributed by atoms with Crippen molar-refractivity contribution in [3.8, 4) is 0 Å². The molecule has 1 unspecified atom stereocenters. The maximum atomic E-state index is 13.0. The molecular formula is C21H32N2O4S. The molecule has 3 rings (SSSR count). The van der Waals surface area contributed by atoms with E-state index in [0.717, 1.165) is 31.2 Å². The summed E-state index contributed by atoms with van der Waals surface area (Å²) in [5.74, 6) is 0.480. The van der Waals surface area contributed by atoms with Crippen LogP contribution in [0.2, 0.25) is 0 Å². The number of piperazine rings is 1. The van der Waals surface area contributed by atoms with Gasteiger partial charge in [0.05, 0.1) is 4.90 Å². The van der Waals surface area contributed by atoms with Gasteiger partial charge in [0, 0.05) is 32.8 Å². The fraction of sp³-hybridized carbons (Fsp3) is 0.667. The highest BCUT2D eigenvalue weighted by molar-refractivity contribution is 7.89. The van der Waals surface area contributed by atoms with Gasteiger partial charge < -0.3 is 9.64 Å². The van der Waals surface area contributed by atoms with E-state index < -0.39 is 16.1 Å². The molecule has 1 atom stereocenters. The molecule has 1 amide bonds. The van der Waals surface area contributed by atoms with Crippen LogP contribution in [0.3, 0.4) is 0 Å². The van der Waals surface area contributed by atoms with Crippen LogP contribution in [-0.4, -0.2) is 62.4 Å². The Morgan fingerprint density at radius 1 is 1.07 bits per heavy atom. The van der Waals surface area contributed by atoms with Gasteiger partial charge >= 0.3 is 0 Å². The highest BCUT2D eigenvalue weighted by atomic mass is 32.2. The standard InChI is InChI=1S/C21H32N2O4S/c1-16(2)9-14-27-17(3)21(24)22-10-12-23(13-11-22)28(25,26)20-8-7-18-5-4-6-19(18)15-20/h7-8,15-17H,4-6,9-14H2,1-3H3. The van der Waals surface area contributed by atoms with Gasteiger partial charge in [0.1, 0.15) is 6.10 Å². The summed E-state index contributed by atoms with van der Waals surface area (Å²) in [5, 5.41) is 0. The Labute approximate surface area is 168 Å². The number of fused-ring (bicyclic) bond motifs is 1. The lowest BCUT2D eigenvalue weighted by molar-refractivity contribution is -0.144. The van der Waals surface area contributed by atoms with Crippen LogP contribution in [0.5, 0.6) is 0 Å². The zero-order valence-electron chi connectivity index (χ0n) is 17.2. The van der Waals surface area contributed by atoms with Gasteiger partial charge in [-0.05, 0) is 61.8 Å². The number of benzene rings is 1. The first-order valence-electron chi connectivity index (χ1n) is 10.3. The lowest BCUT2D eigenvalue weighted by atomic mass is 10.1. The Morgan fingerprint density at radius 2 is 1.75 bits per heavy atom. The van der Waals surface area contributed by atoms with Crippen LogP contribution in [0.4, 0.5) is 0 Å². The molecular weight excluding hydrogens is 376 g/mol. The minimum Gasteiger partial charge on any atom is -0.369 e. The van der Waals surface area contributed by atoms with Gasteiger partial charge in [0.2, 0.25) is 10.0 Å². The first-order chi connectivity index (χ1) is 13.3. The molecule has 0 saturated carbocycles. The third kappa shape index (κ3) is 4.75. The van der Waals surface area contributed by atoms with Crippen molar-refractivity contribution in [3.05, 3.63) is 29.3 Å². The van der Waals surface area contributed by atoms with Gasteiger partial charge in [0.25, 0.3) is 5.91 Å². The number of amides is 1. The van der Waals surface area contributed by atoms with E-state index in [1.165, 1.54) is 9.87 Å². The number of nitrogens with zero attached hydrogens (tertiary/aromatic N) is 2. The maximum absolute atomic E-state index is 13.0. The fourth-order valence-electron chi connectivity index (χ4n) is 3.82. The number of hydrogen-bond donors (Lipinski definition) is 0. The average Bonchev–Trinajstić information content (AvgIpc) is 3.15. The van der Waals surface area contributed by atoms with Crippen LogP contribution in [-0.2, 0) is 32.4 Å². The van der Waals surface area contributed by atoms with Gasteiger partial charge in [-0.1, -0.05) is 19.9 Å². The number of carbonyl (C=O) groups is 1. The second-order valence-electron chi connectivity index (χ2n) is 8.21. The molecule has 0 aromatic heterocycles. The summed E-state index contributed by atoms with van der Waals surface area (Å²) in [5.41, 5.74) is 2.42. The molecule has 1 aliphatic heterocycles. The molecule has 0 spiro atoms. The van der Waals surface area contributed by atoms with Crippen LogP contribution in [0, 0.1) is 5.92 Å². The highest BCUT2D eigenvalue weighted by Gasteiger charge is 2.32. The lowest BCUT2D eigenvalue weighted by Crippen LogP contribution is -2.52. The van der Waals surface area contributed by atoms with Gasteiger partial charge in [-0.2, -0.15) is 4.31 Å². The summed E-state index contributed by atoms with van der Waals surface area (Å²) in [7, 11) is -3.51. The van der Waals surface area contributed by atoms with E-state index in [1.54, 1.807) is 17.9 Å². The minimum atomic E-state index is -3.51. The van der Waals surface area contributed by atoms with Crippen LogP contribution < -0.4 is 0 Å². The van der Waals surface area contributed by atoms with E-state index in [0.29, 0.717) is 43.6 Å². The van der Waals surface area contributed by atoms with E-state index in [4.69, 9.17) is 4.74 Å². The fourth-order valence-corrected chi connectivity index (χ4v) is 5.29. The van der Waals surface area contributed by atoms with Crippen molar-refractivity contribution in [2.75, 3.05) is 32.8 Å². The zero-order chi connectivity index (χ0) is 20.3. The Balaban J connectivity index is 1.56. The normalized spacial score (nSPS) is 19.1. The summed E-state index contributed by atoms with van der Waals surface area (Å²) in [6, 6.07) is 5.51. The number of rotatable bonds is 7. The molecule has 156 valence electrons. The highest BCUT2D eigenvalue weighted by Crippen LogP contribution is 2.26. The molecule has 1 aromatic carbocycles. The van der Waals surface area contributed by atoms with Crippen LogP contribution in [0.25, 0.3) is 0 Å². The Kier molecular flexibility index (Phi) is 6.78. The van der Waals surface area contributed by atoms with Crippen LogP contribution in [0.15, 0.2) is 23.1 Å². The van der Waals surface area contributed by atoms with Crippen molar-refractivity contribution in [2.24, 2.45) is 5.92 Å². The Hall–Kier alpha value is -1.44. The summed E-state index contributed by atoms with van der Waals surface area (Å²) in [4.78, 5) is 14.7. The van der Waals surface area contributed by atoms with Gasteiger partial charge in [0.15, 0.2) is 0 Å². The molecule has 0 N–H and O–H groups in total.